The number of esters is 1. The molecule has 0 radical (unpaired) electrons. The van der Waals surface area contributed by atoms with E-state index in [2.05, 4.69) is 31.9 Å². The minimum atomic E-state index is -0.371. The third kappa shape index (κ3) is 2.39. The quantitative estimate of drug-likeness (QED) is 0.641. The zero-order valence-electron chi connectivity index (χ0n) is 10.5. The summed E-state index contributed by atoms with van der Waals surface area (Å²) >= 11 is 6.67. The van der Waals surface area contributed by atoms with E-state index in [1.807, 2.05) is 11.6 Å². The van der Waals surface area contributed by atoms with Crippen LogP contribution in [0.3, 0.4) is 0 Å². The van der Waals surface area contributed by atoms with Crippen molar-refractivity contribution >= 4 is 48.7 Å². The smallest absolute Gasteiger partial charge is 0.340 e. The number of fused-ring (bicyclic) bond motifs is 1. The molecule has 0 atom stereocenters. The first kappa shape index (κ1) is 14.4. The van der Waals surface area contributed by atoms with Gasteiger partial charge in [0.15, 0.2) is 0 Å². The van der Waals surface area contributed by atoms with Crippen LogP contribution in [0, 0.1) is 0 Å². The second-order valence-electron chi connectivity index (χ2n) is 4.06. The molecule has 0 spiro atoms. The summed E-state index contributed by atoms with van der Waals surface area (Å²) in [6.07, 6.45) is 0. The number of alkyl halides is 1. The lowest BCUT2D eigenvalue weighted by molar-refractivity contribution is 0.0527. The Balaban J connectivity index is 2.79. The number of halogens is 2. The molecule has 0 aliphatic heterocycles. The fourth-order valence-electron chi connectivity index (χ4n) is 2.09. The van der Waals surface area contributed by atoms with Crippen molar-refractivity contribution < 1.29 is 14.6 Å². The van der Waals surface area contributed by atoms with E-state index in [1.54, 1.807) is 19.1 Å². The van der Waals surface area contributed by atoms with E-state index in [0.29, 0.717) is 27.4 Å². The number of phenols is 1. The molecule has 1 aromatic carbocycles. The van der Waals surface area contributed by atoms with Gasteiger partial charge in [-0.1, -0.05) is 15.9 Å². The van der Waals surface area contributed by atoms with Crippen LogP contribution in [0.15, 0.2) is 16.6 Å². The summed E-state index contributed by atoms with van der Waals surface area (Å²) < 4.78 is 7.61. The van der Waals surface area contributed by atoms with Crippen LogP contribution in [0.4, 0.5) is 0 Å². The van der Waals surface area contributed by atoms with Crippen LogP contribution in [0.1, 0.15) is 23.0 Å². The third-order valence-electron chi connectivity index (χ3n) is 3.00. The summed E-state index contributed by atoms with van der Waals surface area (Å²) in [5.41, 5.74) is 2.19. The van der Waals surface area contributed by atoms with Crippen molar-refractivity contribution in [3.63, 3.8) is 0 Å². The number of carbonyl (C=O) groups excluding carboxylic acids is 1. The molecule has 2 rings (SSSR count). The minimum absolute atomic E-state index is 0.102. The van der Waals surface area contributed by atoms with E-state index in [0.717, 1.165) is 11.2 Å². The standard InChI is InChI=1S/C13H13Br2NO3/c1-3-19-13(18)12-7-4-11(17)8(15)5-9(7)16(2)10(12)6-14/h4-5,17H,3,6H2,1-2H3. The van der Waals surface area contributed by atoms with E-state index in [-0.39, 0.29) is 11.7 Å². The van der Waals surface area contributed by atoms with E-state index in [4.69, 9.17) is 4.74 Å². The average Bonchev–Trinajstić information content (AvgIpc) is 2.63. The van der Waals surface area contributed by atoms with Crippen LogP contribution in [0.5, 0.6) is 5.75 Å². The number of rotatable bonds is 3. The molecule has 0 aliphatic carbocycles. The van der Waals surface area contributed by atoms with Gasteiger partial charge in [-0.3, -0.25) is 0 Å². The first-order valence-corrected chi connectivity index (χ1v) is 7.65. The van der Waals surface area contributed by atoms with Crippen LogP contribution >= 0.6 is 31.9 Å². The van der Waals surface area contributed by atoms with E-state index < -0.39 is 0 Å². The van der Waals surface area contributed by atoms with Crippen molar-refractivity contribution in [3.8, 4) is 5.75 Å². The van der Waals surface area contributed by atoms with Crippen molar-refractivity contribution in [2.45, 2.75) is 12.3 Å². The van der Waals surface area contributed by atoms with Gasteiger partial charge in [0.05, 0.1) is 22.2 Å². The molecule has 19 heavy (non-hydrogen) atoms. The topological polar surface area (TPSA) is 51.5 Å². The zero-order chi connectivity index (χ0) is 14.2. The normalized spacial score (nSPS) is 10.9. The molecule has 1 heterocycles. The van der Waals surface area contributed by atoms with Gasteiger partial charge in [0.25, 0.3) is 0 Å². The lowest BCUT2D eigenvalue weighted by Crippen LogP contribution is -2.07. The van der Waals surface area contributed by atoms with Gasteiger partial charge in [-0.2, -0.15) is 0 Å². The van der Waals surface area contributed by atoms with Crippen LogP contribution < -0.4 is 0 Å². The fourth-order valence-corrected chi connectivity index (χ4v) is 3.07. The Kier molecular flexibility index (Phi) is 4.20. The van der Waals surface area contributed by atoms with Crippen LogP contribution in [0.25, 0.3) is 10.9 Å². The molecule has 2 aromatic rings. The van der Waals surface area contributed by atoms with Gasteiger partial charge in [-0.15, -0.1) is 0 Å². The van der Waals surface area contributed by atoms with Crippen LogP contribution in [-0.2, 0) is 17.1 Å². The second kappa shape index (κ2) is 5.54. The zero-order valence-corrected chi connectivity index (χ0v) is 13.7. The molecule has 1 aromatic heterocycles. The lowest BCUT2D eigenvalue weighted by atomic mass is 10.1. The molecule has 1 N–H and O–H groups in total. The molecule has 0 saturated heterocycles. The first-order valence-electron chi connectivity index (χ1n) is 5.74. The van der Waals surface area contributed by atoms with Crippen molar-refractivity contribution in [2.24, 2.45) is 7.05 Å². The monoisotopic (exact) mass is 389 g/mol. The van der Waals surface area contributed by atoms with E-state index in [1.165, 1.54) is 0 Å². The lowest BCUT2D eigenvalue weighted by Gasteiger charge is -2.04. The second-order valence-corrected chi connectivity index (χ2v) is 5.47. The Morgan fingerprint density at radius 2 is 2.16 bits per heavy atom. The van der Waals surface area contributed by atoms with Crippen molar-refractivity contribution in [1.82, 2.24) is 4.57 Å². The van der Waals surface area contributed by atoms with Gasteiger partial charge < -0.3 is 14.4 Å². The number of phenolic OH excluding ortho intramolecular Hbond substituents is 1. The van der Waals surface area contributed by atoms with Crippen LogP contribution in [0.2, 0.25) is 0 Å². The Bertz CT molecular complexity index is 649. The molecule has 4 nitrogen and oxygen atoms in total. The first-order chi connectivity index (χ1) is 9.01. The molecule has 0 bridgehead atoms. The Hall–Kier alpha value is -1.01. The molecule has 0 saturated carbocycles. The number of benzene rings is 1. The highest BCUT2D eigenvalue weighted by Crippen LogP contribution is 2.35. The maximum absolute atomic E-state index is 12.1. The highest BCUT2D eigenvalue weighted by atomic mass is 79.9. The summed E-state index contributed by atoms with van der Waals surface area (Å²) in [7, 11) is 1.88. The van der Waals surface area contributed by atoms with Gasteiger partial charge in [-0.25, -0.2) is 4.79 Å². The molecule has 0 aliphatic rings. The number of hydrogen-bond donors (Lipinski definition) is 1. The molecule has 6 heteroatoms. The summed E-state index contributed by atoms with van der Waals surface area (Å²) in [6.45, 7) is 2.09. The maximum atomic E-state index is 12.1. The van der Waals surface area contributed by atoms with E-state index in [9.17, 15) is 9.90 Å². The summed E-state index contributed by atoms with van der Waals surface area (Å²) in [5, 5.41) is 11.0. The molecule has 0 amide bonds. The minimum Gasteiger partial charge on any atom is -0.507 e. The SMILES string of the molecule is CCOC(=O)c1c(CBr)n(C)c2cc(Br)c(O)cc12. The van der Waals surface area contributed by atoms with E-state index >= 15 is 0 Å². The summed E-state index contributed by atoms with van der Waals surface area (Å²) in [6, 6.07) is 3.37. The number of hydrogen-bond acceptors (Lipinski definition) is 3. The number of aromatic nitrogens is 1. The molecular formula is C13H13Br2NO3. The van der Waals surface area contributed by atoms with Crippen LogP contribution in [-0.4, -0.2) is 22.2 Å². The van der Waals surface area contributed by atoms with Gasteiger partial charge in [-0.05, 0) is 35.0 Å². The highest BCUT2D eigenvalue weighted by Gasteiger charge is 2.22. The number of carbonyl (C=O) groups is 1. The van der Waals surface area contributed by atoms with Gasteiger partial charge >= 0.3 is 5.97 Å². The maximum Gasteiger partial charge on any atom is 0.340 e. The average molecular weight is 391 g/mol. The molecular weight excluding hydrogens is 378 g/mol. The highest BCUT2D eigenvalue weighted by molar-refractivity contribution is 9.10. The fraction of sp³-hybridized carbons (Fsp3) is 0.308. The Morgan fingerprint density at radius 1 is 1.47 bits per heavy atom. The van der Waals surface area contributed by atoms with Crippen molar-refractivity contribution in [1.29, 1.82) is 0 Å². The predicted octanol–water partition coefficient (Wildman–Crippen LogP) is 3.72. The van der Waals surface area contributed by atoms with Crippen molar-refractivity contribution in [2.75, 3.05) is 6.61 Å². The Labute approximate surface area is 127 Å². The number of aromatic hydroxyl groups is 1. The number of nitrogens with zero attached hydrogens (tertiary/aromatic N) is 1. The molecule has 102 valence electrons. The predicted molar refractivity (Wildman–Crippen MR) is 80.9 cm³/mol. The largest absolute Gasteiger partial charge is 0.507 e. The van der Waals surface area contributed by atoms with Gasteiger partial charge in [0.1, 0.15) is 5.75 Å². The number of ether oxygens (including phenoxy) is 1. The summed E-state index contributed by atoms with van der Waals surface area (Å²) in [5.74, 6) is -0.269. The summed E-state index contributed by atoms with van der Waals surface area (Å²) in [4.78, 5) is 12.1. The van der Waals surface area contributed by atoms with Gasteiger partial charge in [0, 0.05) is 23.5 Å². The Morgan fingerprint density at radius 3 is 2.74 bits per heavy atom. The van der Waals surface area contributed by atoms with Gasteiger partial charge in [0.2, 0.25) is 0 Å². The number of aryl methyl sites for hydroxylation is 1. The molecule has 0 unspecified atom stereocenters. The molecule has 0 fully saturated rings. The van der Waals surface area contributed by atoms with Crippen molar-refractivity contribution in [3.05, 3.63) is 27.9 Å². The third-order valence-corrected chi connectivity index (χ3v) is 4.16.